The second-order valence-corrected chi connectivity index (χ2v) is 5.33. The van der Waals surface area contributed by atoms with Crippen molar-refractivity contribution >= 4 is 22.9 Å². The number of aryl methyl sites for hydroxylation is 1. The number of rotatable bonds is 3. The molecule has 2 aromatic rings. The van der Waals surface area contributed by atoms with Crippen LogP contribution in [0.1, 0.15) is 28.3 Å². The first-order chi connectivity index (χ1) is 8.11. The molecule has 1 aromatic heterocycles. The van der Waals surface area contributed by atoms with E-state index in [2.05, 4.69) is 6.92 Å². The Morgan fingerprint density at radius 3 is 2.76 bits per heavy atom. The van der Waals surface area contributed by atoms with E-state index in [-0.39, 0.29) is 0 Å². The van der Waals surface area contributed by atoms with E-state index in [0.29, 0.717) is 10.6 Å². The lowest BCUT2D eigenvalue weighted by Crippen LogP contribution is -1.98. The SMILES string of the molecule is CCc1ccc(C(O)c2cc(F)ccc2Cl)s1. The number of aliphatic hydroxyl groups excluding tert-OH is 1. The van der Waals surface area contributed by atoms with Gasteiger partial charge in [-0.25, -0.2) is 4.39 Å². The Balaban J connectivity index is 2.35. The van der Waals surface area contributed by atoms with Crippen LogP contribution in [0.4, 0.5) is 4.39 Å². The van der Waals surface area contributed by atoms with E-state index < -0.39 is 11.9 Å². The van der Waals surface area contributed by atoms with E-state index in [9.17, 15) is 9.50 Å². The van der Waals surface area contributed by atoms with Gasteiger partial charge in [0.15, 0.2) is 0 Å². The first kappa shape index (κ1) is 12.6. The lowest BCUT2D eigenvalue weighted by molar-refractivity contribution is 0.224. The predicted molar refractivity (Wildman–Crippen MR) is 69.2 cm³/mol. The number of benzene rings is 1. The predicted octanol–water partition coefficient (Wildman–Crippen LogP) is 4.18. The fourth-order valence-corrected chi connectivity index (χ4v) is 2.79. The maximum absolute atomic E-state index is 13.1. The molecule has 0 bridgehead atoms. The molecule has 17 heavy (non-hydrogen) atoms. The Bertz CT molecular complexity index is 524. The van der Waals surface area contributed by atoms with E-state index in [4.69, 9.17) is 11.6 Å². The van der Waals surface area contributed by atoms with Gasteiger partial charge in [-0.05, 0) is 36.8 Å². The van der Waals surface area contributed by atoms with Gasteiger partial charge in [-0.15, -0.1) is 11.3 Å². The quantitative estimate of drug-likeness (QED) is 0.887. The van der Waals surface area contributed by atoms with Crippen molar-refractivity contribution in [2.24, 2.45) is 0 Å². The summed E-state index contributed by atoms with van der Waals surface area (Å²) in [7, 11) is 0. The zero-order chi connectivity index (χ0) is 12.4. The maximum atomic E-state index is 13.1. The van der Waals surface area contributed by atoms with Gasteiger partial charge in [0.25, 0.3) is 0 Å². The van der Waals surface area contributed by atoms with Crippen LogP contribution < -0.4 is 0 Å². The normalized spacial score (nSPS) is 12.7. The second-order valence-electron chi connectivity index (χ2n) is 3.73. The summed E-state index contributed by atoms with van der Waals surface area (Å²) in [5.41, 5.74) is 0.413. The summed E-state index contributed by atoms with van der Waals surface area (Å²) in [4.78, 5) is 1.97. The molecule has 1 atom stereocenters. The summed E-state index contributed by atoms with van der Waals surface area (Å²) < 4.78 is 13.1. The highest BCUT2D eigenvalue weighted by atomic mass is 35.5. The Labute approximate surface area is 108 Å². The highest BCUT2D eigenvalue weighted by Gasteiger charge is 2.16. The first-order valence-electron chi connectivity index (χ1n) is 5.33. The van der Waals surface area contributed by atoms with E-state index in [1.165, 1.54) is 34.4 Å². The molecule has 0 saturated carbocycles. The summed E-state index contributed by atoms with van der Waals surface area (Å²) in [6.45, 7) is 2.05. The van der Waals surface area contributed by atoms with E-state index in [0.717, 1.165) is 11.3 Å². The molecule has 0 spiro atoms. The molecule has 0 saturated heterocycles. The lowest BCUT2D eigenvalue weighted by atomic mass is 10.1. The lowest BCUT2D eigenvalue weighted by Gasteiger charge is -2.10. The molecular formula is C13H12ClFOS. The van der Waals surface area contributed by atoms with E-state index >= 15 is 0 Å². The summed E-state index contributed by atoms with van der Waals surface area (Å²) >= 11 is 7.48. The molecule has 4 heteroatoms. The topological polar surface area (TPSA) is 20.2 Å². The van der Waals surface area contributed by atoms with Crippen LogP contribution in [0.5, 0.6) is 0 Å². The largest absolute Gasteiger partial charge is 0.383 e. The van der Waals surface area contributed by atoms with Crippen LogP contribution in [0, 0.1) is 5.82 Å². The third kappa shape index (κ3) is 2.68. The van der Waals surface area contributed by atoms with Crippen molar-refractivity contribution in [3.05, 3.63) is 56.5 Å². The zero-order valence-corrected chi connectivity index (χ0v) is 10.9. The molecule has 1 unspecified atom stereocenters. The highest BCUT2D eigenvalue weighted by Crippen LogP contribution is 2.32. The third-order valence-electron chi connectivity index (χ3n) is 2.55. The summed E-state index contributed by atoms with van der Waals surface area (Å²) in [6, 6.07) is 7.85. The van der Waals surface area contributed by atoms with Gasteiger partial charge in [0.1, 0.15) is 11.9 Å². The van der Waals surface area contributed by atoms with E-state index in [1.54, 1.807) is 0 Å². The Morgan fingerprint density at radius 1 is 1.35 bits per heavy atom. The molecule has 1 nitrogen and oxygen atoms in total. The molecule has 0 aliphatic heterocycles. The maximum Gasteiger partial charge on any atom is 0.123 e. The molecule has 0 amide bonds. The molecule has 0 aliphatic rings. The minimum absolute atomic E-state index is 0.380. The molecule has 1 N–H and O–H groups in total. The van der Waals surface area contributed by atoms with Gasteiger partial charge in [0.2, 0.25) is 0 Å². The summed E-state index contributed by atoms with van der Waals surface area (Å²) in [5.74, 6) is -0.393. The fourth-order valence-electron chi connectivity index (χ4n) is 1.61. The standard InChI is InChI=1S/C13H12ClFOS/c1-2-9-4-6-12(17-9)13(16)10-7-8(15)3-5-11(10)14/h3-7,13,16H,2H2,1H3. The van der Waals surface area contributed by atoms with Gasteiger partial charge >= 0.3 is 0 Å². The van der Waals surface area contributed by atoms with Crippen molar-refractivity contribution < 1.29 is 9.50 Å². The Morgan fingerprint density at radius 2 is 2.12 bits per heavy atom. The monoisotopic (exact) mass is 270 g/mol. The second kappa shape index (κ2) is 5.17. The van der Waals surface area contributed by atoms with Gasteiger partial charge < -0.3 is 5.11 Å². The van der Waals surface area contributed by atoms with Crippen molar-refractivity contribution in [3.63, 3.8) is 0 Å². The minimum atomic E-state index is -0.858. The molecule has 1 aromatic carbocycles. The van der Waals surface area contributed by atoms with Crippen LogP contribution in [-0.4, -0.2) is 5.11 Å². The average Bonchev–Trinajstić information content (AvgIpc) is 2.80. The van der Waals surface area contributed by atoms with Crippen LogP contribution >= 0.6 is 22.9 Å². The van der Waals surface area contributed by atoms with Crippen LogP contribution in [0.25, 0.3) is 0 Å². The molecule has 0 aliphatic carbocycles. The molecule has 0 radical (unpaired) electrons. The minimum Gasteiger partial charge on any atom is -0.383 e. The van der Waals surface area contributed by atoms with Gasteiger partial charge in [-0.2, -0.15) is 0 Å². The molecule has 2 rings (SSSR count). The number of hydrogen-bond acceptors (Lipinski definition) is 2. The van der Waals surface area contributed by atoms with Crippen molar-refractivity contribution in [2.45, 2.75) is 19.4 Å². The van der Waals surface area contributed by atoms with Crippen molar-refractivity contribution in [1.29, 1.82) is 0 Å². The third-order valence-corrected chi connectivity index (χ3v) is 4.18. The Hall–Kier alpha value is -0.900. The molecular weight excluding hydrogens is 259 g/mol. The number of aliphatic hydroxyl groups is 1. The number of thiophene rings is 1. The Kier molecular flexibility index (Phi) is 3.82. The number of hydrogen-bond donors (Lipinski definition) is 1. The van der Waals surface area contributed by atoms with Gasteiger partial charge in [-0.3, -0.25) is 0 Å². The summed E-state index contributed by atoms with van der Waals surface area (Å²) in [6.07, 6.45) is 0.0670. The van der Waals surface area contributed by atoms with Crippen LogP contribution in [0.3, 0.4) is 0 Å². The van der Waals surface area contributed by atoms with Crippen LogP contribution in [0.2, 0.25) is 5.02 Å². The molecule has 90 valence electrons. The zero-order valence-electron chi connectivity index (χ0n) is 9.28. The highest BCUT2D eigenvalue weighted by molar-refractivity contribution is 7.12. The molecule has 0 fully saturated rings. The van der Waals surface area contributed by atoms with Gasteiger partial charge in [0, 0.05) is 20.3 Å². The van der Waals surface area contributed by atoms with Crippen molar-refractivity contribution in [1.82, 2.24) is 0 Å². The smallest absolute Gasteiger partial charge is 0.123 e. The van der Waals surface area contributed by atoms with Crippen LogP contribution in [-0.2, 0) is 6.42 Å². The van der Waals surface area contributed by atoms with Crippen molar-refractivity contribution in [3.8, 4) is 0 Å². The van der Waals surface area contributed by atoms with Crippen LogP contribution in [0.15, 0.2) is 30.3 Å². The number of halogens is 2. The fraction of sp³-hybridized carbons (Fsp3) is 0.231. The molecule has 1 heterocycles. The van der Waals surface area contributed by atoms with Crippen molar-refractivity contribution in [2.75, 3.05) is 0 Å². The first-order valence-corrected chi connectivity index (χ1v) is 6.53. The van der Waals surface area contributed by atoms with Gasteiger partial charge in [-0.1, -0.05) is 18.5 Å². The van der Waals surface area contributed by atoms with Gasteiger partial charge in [0.05, 0.1) is 0 Å². The average molecular weight is 271 g/mol. The summed E-state index contributed by atoms with van der Waals surface area (Å²) in [5, 5.41) is 10.5. The van der Waals surface area contributed by atoms with E-state index in [1.807, 2.05) is 12.1 Å².